The van der Waals surface area contributed by atoms with Gasteiger partial charge >= 0.3 is 6.18 Å². The number of aliphatic hydroxyl groups is 1. The van der Waals surface area contributed by atoms with Crippen molar-refractivity contribution < 1.29 is 36.6 Å². The predicted molar refractivity (Wildman–Crippen MR) is 77.4 cm³/mol. The van der Waals surface area contributed by atoms with Gasteiger partial charge in [-0.1, -0.05) is 12.1 Å². The van der Waals surface area contributed by atoms with Crippen molar-refractivity contribution in [1.29, 1.82) is 0 Å². The molecule has 1 heterocycles. The molecule has 3 atom stereocenters. The van der Waals surface area contributed by atoms with E-state index in [1.165, 1.54) is 24.3 Å². The first kappa shape index (κ1) is 18.6. The van der Waals surface area contributed by atoms with Crippen LogP contribution in [-0.4, -0.2) is 48.2 Å². The van der Waals surface area contributed by atoms with Crippen LogP contribution in [0.5, 0.6) is 0 Å². The summed E-state index contributed by atoms with van der Waals surface area (Å²) >= 11 is -2.64. The smallest absolute Gasteiger partial charge is 0.384 e. The minimum Gasteiger partial charge on any atom is -0.384 e. The fraction of sp³-hybridized carbons (Fsp3) is 0.429. The molecule has 24 heavy (non-hydrogen) atoms. The van der Waals surface area contributed by atoms with Crippen molar-refractivity contribution in [3.8, 4) is 0 Å². The standard InChI is InChI=1S/C14H14F3NO5S/c15-14(16,17)10(19)6-3-7-11(24(22)23)18-12(20)8-4-1-2-5-9(8)13(18)21/h1-2,4-5,10-11,19H,3,6-7H2,(H,22,23). The van der Waals surface area contributed by atoms with Crippen molar-refractivity contribution >= 4 is 22.9 Å². The van der Waals surface area contributed by atoms with Crippen LogP contribution >= 0.6 is 0 Å². The van der Waals surface area contributed by atoms with Crippen LogP contribution in [0.1, 0.15) is 40.0 Å². The highest BCUT2D eigenvalue weighted by atomic mass is 32.2. The van der Waals surface area contributed by atoms with Gasteiger partial charge in [0.2, 0.25) is 0 Å². The maximum atomic E-state index is 12.3. The van der Waals surface area contributed by atoms with E-state index in [1.54, 1.807) is 0 Å². The van der Waals surface area contributed by atoms with Crippen LogP contribution in [0.25, 0.3) is 0 Å². The molecule has 2 N–H and O–H groups in total. The summed E-state index contributed by atoms with van der Waals surface area (Å²) in [6, 6.07) is 5.83. The molecule has 10 heteroatoms. The van der Waals surface area contributed by atoms with Crippen molar-refractivity contribution in [2.75, 3.05) is 0 Å². The number of amides is 2. The van der Waals surface area contributed by atoms with E-state index in [1.807, 2.05) is 0 Å². The normalized spacial score (nSPS) is 18.5. The van der Waals surface area contributed by atoms with Crippen molar-refractivity contribution in [1.82, 2.24) is 4.90 Å². The zero-order chi connectivity index (χ0) is 18.1. The van der Waals surface area contributed by atoms with Crippen LogP contribution in [0.3, 0.4) is 0 Å². The fourth-order valence-corrected chi connectivity index (χ4v) is 3.18. The van der Waals surface area contributed by atoms with Gasteiger partial charge in [0.15, 0.2) is 11.1 Å². The summed E-state index contributed by atoms with van der Waals surface area (Å²) in [4.78, 5) is 25.1. The lowest BCUT2D eigenvalue weighted by atomic mass is 10.1. The number of carbonyl (C=O) groups excluding carboxylic acids is 2. The number of hydrogen-bond donors (Lipinski definition) is 2. The molecule has 2 rings (SSSR count). The number of carbonyl (C=O) groups is 2. The molecule has 0 radical (unpaired) electrons. The monoisotopic (exact) mass is 365 g/mol. The second kappa shape index (κ2) is 6.99. The summed E-state index contributed by atoms with van der Waals surface area (Å²) in [6.07, 6.45) is -8.66. The Bertz CT molecular complexity index is 644. The number of benzene rings is 1. The maximum absolute atomic E-state index is 12.3. The maximum Gasteiger partial charge on any atom is 0.414 e. The third kappa shape index (κ3) is 3.65. The van der Waals surface area contributed by atoms with E-state index in [0.29, 0.717) is 4.90 Å². The van der Waals surface area contributed by atoms with Gasteiger partial charge < -0.3 is 9.66 Å². The average molecular weight is 365 g/mol. The molecule has 0 bridgehead atoms. The molecule has 1 aliphatic rings. The lowest BCUT2D eigenvalue weighted by Crippen LogP contribution is -2.42. The molecular weight excluding hydrogens is 351 g/mol. The Morgan fingerprint density at radius 1 is 1.08 bits per heavy atom. The Labute approximate surface area is 137 Å². The Kier molecular flexibility index (Phi) is 5.41. The van der Waals surface area contributed by atoms with E-state index >= 15 is 0 Å². The fourth-order valence-electron chi connectivity index (χ4n) is 2.44. The lowest BCUT2D eigenvalue weighted by Gasteiger charge is -2.23. The van der Waals surface area contributed by atoms with E-state index < -0.39 is 47.0 Å². The molecule has 0 fully saturated rings. The highest BCUT2D eigenvalue weighted by molar-refractivity contribution is 7.79. The van der Waals surface area contributed by atoms with Crippen molar-refractivity contribution in [2.24, 2.45) is 0 Å². The topological polar surface area (TPSA) is 94.9 Å². The first-order chi connectivity index (χ1) is 11.1. The second-order valence-electron chi connectivity index (χ2n) is 5.25. The third-order valence-electron chi connectivity index (χ3n) is 3.65. The highest BCUT2D eigenvalue weighted by Gasteiger charge is 2.42. The molecule has 2 amide bonds. The Morgan fingerprint density at radius 2 is 1.58 bits per heavy atom. The molecule has 0 aliphatic carbocycles. The van der Waals surface area contributed by atoms with Crippen molar-refractivity contribution in [3.63, 3.8) is 0 Å². The first-order valence-corrected chi connectivity index (χ1v) is 8.13. The van der Waals surface area contributed by atoms with Crippen LogP contribution < -0.4 is 0 Å². The summed E-state index contributed by atoms with van der Waals surface area (Å²) in [7, 11) is 0. The molecule has 1 aromatic rings. The zero-order valence-electron chi connectivity index (χ0n) is 12.2. The molecule has 0 saturated carbocycles. The van der Waals surface area contributed by atoms with Gasteiger partial charge in [0.1, 0.15) is 11.5 Å². The van der Waals surface area contributed by atoms with Gasteiger partial charge in [-0.05, 0) is 31.4 Å². The molecular formula is C14H14F3NO5S. The number of hydrogen-bond acceptors (Lipinski definition) is 4. The van der Waals surface area contributed by atoms with Gasteiger partial charge in [-0.15, -0.1) is 0 Å². The molecule has 6 nitrogen and oxygen atoms in total. The number of nitrogens with zero attached hydrogens (tertiary/aromatic N) is 1. The summed E-state index contributed by atoms with van der Waals surface area (Å²) in [6.45, 7) is 0. The summed E-state index contributed by atoms with van der Waals surface area (Å²) in [5.74, 6) is -1.53. The van der Waals surface area contributed by atoms with Gasteiger partial charge in [-0.3, -0.25) is 14.5 Å². The van der Waals surface area contributed by atoms with Crippen molar-refractivity contribution in [2.45, 2.75) is 36.9 Å². The molecule has 0 saturated heterocycles. The largest absolute Gasteiger partial charge is 0.414 e. The summed E-state index contributed by atoms with van der Waals surface area (Å²) in [5, 5.41) is 7.46. The minimum atomic E-state index is -4.79. The van der Waals surface area contributed by atoms with Crippen LogP contribution in [0.4, 0.5) is 13.2 Å². The van der Waals surface area contributed by atoms with E-state index in [4.69, 9.17) is 5.11 Å². The number of imide groups is 1. The van der Waals surface area contributed by atoms with E-state index in [9.17, 15) is 31.5 Å². The predicted octanol–water partition coefficient (Wildman–Crippen LogP) is 1.92. The van der Waals surface area contributed by atoms with Crippen LogP contribution in [0.15, 0.2) is 24.3 Å². The van der Waals surface area contributed by atoms with Crippen molar-refractivity contribution in [3.05, 3.63) is 35.4 Å². The number of aliphatic hydroxyl groups excluding tert-OH is 1. The summed E-state index contributed by atoms with van der Waals surface area (Å²) in [5.41, 5.74) is 0.154. The third-order valence-corrected chi connectivity index (χ3v) is 4.56. The lowest BCUT2D eigenvalue weighted by molar-refractivity contribution is -0.205. The highest BCUT2D eigenvalue weighted by Crippen LogP contribution is 2.29. The van der Waals surface area contributed by atoms with Gasteiger partial charge in [-0.25, -0.2) is 4.21 Å². The number of fused-ring (bicyclic) bond motifs is 1. The van der Waals surface area contributed by atoms with Crippen LogP contribution in [0.2, 0.25) is 0 Å². The number of alkyl halides is 3. The van der Waals surface area contributed by atoms with E-state index in [-0.39, 0.29) is 24.0 Å². The van der Waals surface area contributed by atoms with E-state index in [2.05, 4.69) is 0 Å². The molecule has 0 spiro atoms. The molecule has 3 unspecified atom stereocenters. The Hall–Kier alpha value is -1.78. The van der Waals surface area contributed by atoms with Crippen LogP contribution in [0, 0.1) is 0 Å². The Morgan fingerprint density at radius 3 is 2.00 bits per heavy atom. The van der Waals surface area contributed by atoms with Gasteiger partial charge in [0.05, 0.1) is 11.1 Å². The van der Waals surface area contributed by atoms with Gasteiger partial charge in [-0.2, -0.15) is 13.2 Å². The average Bonchev–Trinajstić information content (AvgIpc) is 2.75. The molecule has 1 aromatic carbocycles. The molecule has 132 valence electrons. The summed E-state index contributed by atoms with van der Waals surface area (Å²) < 4.78 is 57.6. The quantitative estimate of drug-likeness (QED) is 0.593. The minimum absolute atomic E-state index is 0.0771. The Balaban J connectivity index is 2.11. The number of rotatable bonds is 6. The van der Waals surface area contributed by atoms with E-state index in [0.717, 1.165) is 0 Å². The first-order valence-electron chi connectivity index (χ1n) is 6.96. The van der Waals surface area contributed by atoms with Gasteiger partial charge in [0, 0.05) is 0 Å². The van der Waals surface area contributed by atoms with Crippen LogP contribution in [-0.2, 0) is 11.1 Å². The van der Waals surface area contributed by atoms with Gasteiger partial charge in [0.25, 0.3) is 11.8 Å². The SMILES string of the molecule is O=C1c2ccccc2C(=O)N1C(CCCC(O)C(F)(F)F)S(=O)O. The molecule has 0 aromatic heterocycles. The molecule has 1 aliphatic heterocycles. The zero-order valence-corrected chi connectivity index (χ0v) is 13.0. The second-order valence-corrected chi connectivity index (χ2v) is 6.34. The number of halogens is 3.